The SMILES string of the molecule is COc1cc(C)cc(C)c1CCCC#N. The lowest BCUT2D eigenvalue weighted by Gasteiger charge is -2.12. The summed E-state index contributed by atoms with van der Waals surface area (Å²) in [4.78, 5) is 0. The average Bonchev–Trinajstić information content (AvgIpc) is 2.20. The molecule has 0 spiro atoms. The number of rotatable bonds is 4. The van der Waals surface area contributed by atoms with Crippen LogP contribution in [-0.4, -0.2) is 7.11 Å². The zero-order valence-electron chi connectivity index (χ0n) is 9.63. The fourth-order valence-electron chi connectivity index (χ4n) is 1.81. The van der Waals surface area contributed by atoms with Gasteiger partial charge in [0.05, 0.1) is 13.2 Å². The number of hydrogen-bond donors (Lipinski definition) is 0. The lowest BCUT2D eigenvalue weighted by atomic mass is 9.99. The van der Waals surface area contributed by atoms with Gasteiger partial charge in [0.1, 0.15) is 5.75 Å². The number of unbranched alkanes of at least 4 members (excludes halogenated alkanes) is 1. The van der Waals surface area contributed by atoms with Crippen LogP contribution in [0.15, 0.2) is 12.1 Å². The Labute approximate surface area is 91.5 Å². The first-order valence-corrected chi connectivity index (χ1v) is 5.20. The van der Waals surface area contributed by atoms with E-state index in [-0.39, 0.29) is 0 Å². The summed E-state index contributed by atoms with van der Waals surface area (Å²) in [7, 11) is 1.70. The third-order valence-electron chi connectivity index (χ3n) is 2.51. The first-order valence-electron chi connectivity index (χ1n) is 5.20. The molecule has 0 bridgehead atoms. The molecule has 0 N–H and O–H groups in total. The molecule has 1 aromatic carbocycles. The van der Waals surface area contributed by atoms with E-state index in [2.05, 4.69) is 32.0 Å². The highest BCUT2D eigenvalue weighted by molar-refractivity contribution is 5.43. The maximum absolute atomic E-state index is 8.50. The lowest BCUT2D eigenvalue weighted by Crippen LogP contribution is -1.96. The van der Waals surface area contributed by atoms with Crippen molar-refractivity contribution in [3.63, 3.8) is 0 Å². The molecule has 0 unspecified atom stereocenters. The summed E-state index contributed by atoms with van der Waals surface area (Å²) in [5.74, 6) is 0.949. The van der Waals surface area contributed by atoms with E-state index in [9.17, 15) is 0 Å². The molecule has 0 atom stereocenters. The minimum absolute atomic E-state index is 0.608. The van der Waals surface area contributed by atoms with Crippen molar-refractivity contribution in [3.8, 4) is 11.8 Å². The van der Waals surface area contributed by atoms with Gasteiger partial charge >= 0.3 is 0 Å². The van der Waals surface area contributed by atoms with Gasteiger partial charge in [-0.15, -0.1) is 0 Å². The fraction of sp³-hybridized carbons (Fsp3) is 0.462. The van der Waals surface area contributed by atoms with Gasteiger partial charge in [-0.2, -0.15) is 5.26 Å². The predicted molar refractivity (Wildman–Crippen MR) is 61.0 cm³/mol. The van der Waals surface area contributed by atoms with Gasteiger partial charge in [0.25, 0.3) is 0 Å². The van der Waals surface area contributed by atoms with Crippen LogP contribution in [0.1, 0.15) is 29.5 Å². The molecule has 0 aliphatic rings. The van der Waals surface area contributed by atoms with Gasteiger partial charge in [-0.1, -0.05) is 6.07 Å². The van der Waals surface area contributed by atoms with Crippen LogP contribution < -0.4 is 4.74 Å². The molecule has 1 aromatic rings. The molecule has 0 amide bonds. The average molecular weight is 203 g/mol. The van der Waals surface area contributed by atoms with E-state index in [0.29, 0.717) is 6.42 Å². The summed E-state index contributed by atoms with van der Waals surface area (Å²) in [6.07, 6.45) is 2.43. The molecule has 1 rings (SSSR count). The Morgan fingerprint density at radius 3 is 2.67 bits per heavy atom. The number of aryl methyl sites for hydroxylation is 2. The highest BCUT2D eigenvalue weighted by Crippen LogP contribution is 2.25. The van der Waals surface area contributed by atoms with E-state index in [0.717, 1.165) is 18.6 Å². The van der Waals surface area contributed by atoms with Crippen molar-refractivity contribution in [1.82, 2.24) is 0 Å². The third kappa shape index (κ3) is 2.99. The van der Waals surface area contributed by atoms with Crippen LogP contribution in [0.5, 0.6) is 5.75 Å². The summed E-state index contributed by atoms with van der Waals surface area (Å²) in [6.45, 7) is 4.16. The standard InChI is InChI=1S/C13H17NO/c1-10-8-11(2)12(6-4-5-7-14)13(9-10)15-3/h8-9H,4-6H2,1-3H3. The Morgan fingerprint density at radius 2 is 2.07 bits per heavy atom. The molecule has 0 aliphatic carbocycles. The number of ether oxygens (including phenoxy) is 1. The molecule has 0 fully saturated rings. The first kappa shape index (κ1) is 11.6. The highest BCUT2D eigenvalue weighted by Gasteiger charge is 2.06. The van der Waals surface area contributed by atoms with Crippen molar-refractivity contribution in [1.29, 1.82) is 5.26 Å². The van der Waals surface area contributed by atoms with Crippen LogP contribution in [-0.2, 0) is 6.42 Å². The largest absolute Gasteiger partial charge is 0.496 e. The summed E-state index contributed by atoms with van der Waals surface area (Å²) < 4.78 is 5.35. The smallest absolute Gasteiger partial charge is 0.122 e. The highest BCUT2D eigenvalue weighted by atomic mass is 16.5. The summed E-state index contributed by atoms with van der Waals surface area (Å²) in [6, 6.07) is 6.37. The van der Waals surface area contributed by atoms with E-state index in [1.54, 1.807) is 7.11 Å². The molecule has 0 heterocycles. The molecule has 2 nitrogen and oxygen atoms in total. The van der Waals surface area contributed by atoms with E-state index < -0.39 is 0 Å². The Morgan fingerprint density at radius 1 is 1.33 bits per heavy atom. The molecule has 0 radical (unpaired) electrons. The Kier molecular flexibility index (Phi) is 4.17. The van der Waals surface area contributed by atoms with Crippen molar-refractivity contribution in [2.24, 2.45) is 0 Å². The van der Waals surface area contributed by atoms with E-state index in [4.69, 9.17) is 10.00 Å². The van der Waals surface area contributed by atoms with Crippen LogP contribution in [0.25, 0.3) is 0 Å². The van der Waals surface area contributed by atoms with Gasteiger partial charge in [0.15, 0.2) is 0 Å². The predicted octanol–water partition coefficient (Wildman–Crippen LogP) is 3.16. The van der Waals surface area contributed by atoms with Crippen molar-refractivity contribution in [2.45, 2.75) is 33.1 Å². The monoisotopic (exact) mass is 203 g/mol. The Balaban J connectivity index is 2.90. The molecule has 0 saturated heterocycles. The topological polar surface area (TPSA) is 33.0 Å². The van der Waals surface area contributed by atoms with Gasteiger partial charge in [-0.3, -0.25) is 0 Å². The first-order chi connectivity index (χ1) is 7.19. The van der Waals surface area contributed by atoms with E-state index in [1.165, 1.54) is 16.7 Å². The molecule has 2 heteroatoms. The van der Waals surface area contributed by atoms with Gasteiger partial charge in [-0.25, -0.2) is 0 Å². The fourth-order valence-corrected chi connectivity index (χ4v) is 1.81. The third-order valence-corrected chi connectivity index (χ3v) is 2.51. The molecule has 0 aliphatic heterocycles. The van der Waals surface area contributed by atoms with Crippen LogP contribution in [0.2, 0.25) is 0 Å². The number of hydrogen-bond acceptors (Lipinski definition) is 2. The number of nitrogens with zero attached hydrogens (tertiary/aromatic N) is 1. The Bertz CT molecular complexity index is 377. The summed E-state index contributed by atoms with van der Waals surface area (Å²) >= 11 is 0. The summed E-state index contributed by atoms with van der Waals surface area (Å²) in [5.41, 5.74) is 3.71. The second kappa shape index (κ2) is 5.41. The van der Waals surface area contributed by atoms with Crippen molar-refractivity contribution in [2.75, 3.05) is 7.11 Å². The quantitative estimate of drug-likeness (QED) is 0.704. The maximum Gasteiger partial charge on any atom is 0.122 e. The van der Waals surface area contributed by atoms with E-state index in [1.807, 2.05) is 0 Å². The molecule has 15 heavy (non-hydrogen) atoms. The van der Waals surface area contributed by atoms with Crippen molar-refractivity contribution in [3.05, 3.63) is 28.8 Å². The maximum atomic E-state index is 8.50. The van der Waals surface area contributed by atoms with Gasteiger partial charge in [0.2, 0.25) is 0 Å². The summed E-state index contributed by atoms with van der Waals surface area (Å²) in [5, 5.41) is 8.50. The van der Waals surface area contributed by atoms with Crippen LogP contribution >= 0.6 is 0 Å². The van der Waals surface area contributed by atoms with Crippen LogP contribution in [0.4, 0.5) is 0 Å². The molecule has 0 aromatic heterocycles. The van der Waals surface area contributed by atoms with E-state index >= 15 is 0 Å². The number of benzene rings is 1. The molecule has 80 valence electrons. The molecular formula is C13H17NO. The van der Waals surface area contributed by atoms with Gasteiger partial charge < -0.3 is 4.74 Å². The van der Waals surface area contributed by atoms with Crippen LogP contribution in [0.3, 0.4) is 0 Å². The molecule has 0 saturated carbocycles. The molecular weight excluding hydrogens is 186 g/mol. The minimum atomic E-state index is 0.608. The second-order valence-electron chi connectivity index (χ2n) is 3.77. The normalized spacial score (nSPS) is 9.73. The second-order valence-corrected chi connectivity index (χ2v) is 3.77. The minimum Gasteiger partial charge on any atom is -0.496 e. The lowest BCUT2D eigenvalue weighted by molar-refractivity contribution is 0.408. The van der Waals surface area contributed by atoms with Crippen LogP contribution in [0, 0.1) is 25.2 Å². The number of methoxy groups -OCH3 is 1. The van der Waals surface area contributed by atoms with Gasteiger partial charge in [0, 0.05) is 6.42 Å². The van der Waals surface area contributed by atoms with Gasteiger partial charge in [-0.05, 0) is 49.4 Å². The van der Waals surface area contributed by atoms with Crippen molar-refractivity contribution < 1.29 is 4.74 Å². The zero-order valence-corrected chi connectivity index (χ0v) is 9.63. The Hall–Kier alpha value is -1.49. The van der Waals surface area contributed by atoms with Crippen molar-refractivity contribution >= 4 is 0 Å². The zero-order chi connectivity index (χ0) is 11.3. The number of nitriles is 1.